The number of aryl methyl sites for hydroxylation is 1. The Morgan fingerprint density at radius 2 is 2.05 bits per heavy atom. The van der Waals surface area contributed by atoms with E-state index in [-0.39, 0.29) is 0 Å². The van der Waals surface area contributed by atoms with Gasteiger partial charge in [0.05, 0.1) is 28.7 Å². The van der Waals surface area contributed by atoms with Gasteiger partial charge in [-0.3, -0.25) is 0 Å². The number of methoxy groups -OCH3 is 1. The van der Waals surface area contributed by atoms with Crippen LogP contribution in [0, 0.1) is 13.8 Å². The number of nitrogens with one attached hydrogen (secondary N) is 1. The second-order valence-corrected chi connectivity index (χ2v) is 5.63. The van der Waals surface area contributed by atoms with E-state index in [4.69, 9.17) is 27.9 Å². The largest absolute Gasteiger partial charge is 0.383 e. The quantitative estimate of drug-likeness (QED) is 0.825. The summed E-state index contributed by atoms with van der Waals surface area (Å²) < 4.78 is 6.81. The number of aromatic nitrogens is 2. The van der Waals surface area contributed by atoms with Gasteiger partial charge < -0.3 is 10.1 Å². The van der Waals surface area contributed by atoms with E-state index in [1.165, 1.54) is 0 Å². The van der Waals surface area contributed by atoms with Crippen molar-refractivity contribution in [3.8, 4) is 5.69 Å². The molecule has 1 N–H and O–H groups in total. The van der Waals surface area contributed by atoms with Gasteiger partial charge in [0.1, 0.15) is 0 Å². The van der Waals surface area contributed by atoms with Crippen molar-refractivity contribution in [2.75, 3.05) is 20.3 Å². The number of hydrogen-bond donors (Lipinski definition) is 1. The molecule has 1 aromatic heterocycles. The van der Waals surface area contributed by atoms with Gasteiger partial charge in [-0.2, -0.15) is 5.10 Å². The fourth-order valence-electron chi connectivity index (χ4n) is 2.08. The van der Waals surface area contributed by atoms with Crippen LogP contribution in [0.1, 0.15) is 17.0 Å². The molecule has 0 saturated carbocycles. The molecule has 1 aromatic carbocycles. The summed E-state index contributed by atoms with van der Waals surface area (Å²) in [4.78, 5) is 0. The molecule has 0 fully saturated rings. The predicted molar refractivity (Wildman–Crippen MR) is 86.6 cm³/mol. The summed E-state index contributed by atoms with van der Waals surface area (Å²) in [6, 6.07) is 5.90. The first kappa shape index (κ1) is 16.3. The van der Waals surface area contributed by atoms with Crippen LogP contribution in [-0.4, -0.2) is 30.0 Å². The van der Waals surface area contributed by atoms with E-state index in [1.807, 2.05) is 36.7 Å². The van der Waals surface area contributed by atoms with Crippen LogP contribution in [0.5, 0.6) is 0 Å². The van der Waals surface area contributed by atoms with Crippen LogP contribution in [0.25, 0.3) is 5.69 Å². The van der Waals surface area contributed by atoms with Gasteiger partial charge in [-0.15, -0.1) is 0 Å². The van der Waals surface area contributed by atoms with Crippen molar-refractivity contribution in [2.45, 2.75) is 20.4 Å². The Bertz CT molecular complexity index is 626. The smallest absolute Gasteiger partial charge is 0.0848 e. The molecule has 0 unspecified atom stereocenters. The van der Waals surface area contributed by atoms with Crippen LogP contribution in [-0.2, 0) is 11.3 Å². The lowest BCUT2D eigenvalue weighted by atomic mass is 10.2. The Labute approximate surface area is 135 Å². The van der Waals surface area contributed by atoms with Crippen LogP contribution in [0.3, 0.4) is 0 Å². The average Bonchev–Trinajstić information content (AvgIpc) is 2.72. The van der Waals surface area contributed by atoms with E-state index in [0.717, 1.165) is 29.2 Å². The van der Waals surface area contributed by atoms with Gasteiger partial charge in [0.2, 0.25) is 0 Å². The van der Waals surface area contributed by atoms with Crippen LogP contribution >= 0.6 is 23.2 Å². The van der Waals surface area contributed by atoms with E-state index >= 15 is 0 Å². The van der Waals surface area contributed by atoms with Crippen molar-refractivity contribution in [2.24, 2.45) is 0 Å². The fraction of sp³-hybridized carbons (Fsp3) is 0.400. The Morgan fingerprint density at radius 1 is 1.29 bits per heavy atom. The van der Waals surface area contributed by atoms with Crippen LogP contribution in [0.2, 0.25) is 10.0 Å². The van der Waals surface area contributed by atoms with Gasteiger partial charge in [0, 0.05) is 25.2 Å². The number of rotatable bonds is 6. The zero-order valence-corrected chi connectivity index (χ0v) is 13.9. The van der Waals surface area contributed by atoms with Crippen molar-refractivity contribution >= 4 is 23.2 Å². The van der Waals surface area contributed by atoms with E-state index < -0.39 is 0 Å². The Balaban J connectivity index is 2.16. The highest BCUT2D eigenvalue weighted by Gasteiger charge is 2.11. The van der Waals surface area contributed by atoms with Gasteiger partial charge in [0.15, 0.2) is 0 Å². The zero-order chi connectivity index (χ0) is 15.4. The summed E-state index contributed by atoms with van der Waals surface area (Å²) in [6.07, 6.45) is 0. The summed E-state index contributed by atoms with van der Waals surface area (Å²) in [7, 11) is 1.68. The van der Waals surface area contributed by atoms with Gasteiger partial charge in [-0.1, -0.05) is 29.3 Å². The molecule has 0 bridgehead atoms. The molecule has 0 amide bonds. The normalized spacial score (nSPS) is 11.1. The maximum atomic E-state index is 6.35. The van der Waals surface area contributed by atoms with Crippen molar-refractivity contribution in [3.63, 3.8) is 0 Å². The first-order chi connectivity index (χ1) is 10.0. The molecule has 114 valence electrons. The molecule has 0 atom stereocenters. The highest BCUT2D eigenvalue weighted by atomic mass is 35.5. The molecule has 1 heterocycles. The molecule has 0 aliphatic heterocycles. The molecular weight excluding hydrogens is 309 g/mol. The van der Waals surface area contributed by atoms with E-state index in [0.29, 0.717) is 23.2 Å². The minimum Gasteiger partial charge on any atom is -0.383 e. The van der Waals surface area contributed by atoms with E-state index in [1.54, 1.807) is 7.11 Å². The van der Waals surface area contributed by atoms with Crippen LogP contribution in [0.4, 0.5) is 0 Å². The number of benzene rings is 1. The minimum atomic E-state index is 0.681. The third-order valence-electron chi connectivity index (χ3n) is 3.28. The Kier molecular flexibility index (Phi) is 5.65. The monoisotopic (exact) mass is 327 g/mol. The average molecular weight is 328 g/mol. The van der Waals surface area contributed by atoms with Crippen molar-refractivity contribution < 1.29 is 4.74 Å². The Hall–Kier alpha value is -1.07. The molecule has 0 saturated heterocycles. The summed E-state index contributed by atoms with van der Waals surface area (Å²) in [5, 5.41) is 9.11. The molecule has 2 aromatic rings. The lowest BCUT2D eigenvalue weighted by Crippen LogP contribution is -2.18. The van der Waals surface area contributed by atoms with Crippen molar-refractivity contribution in [1.82, 2.24) is 15.1 Å². The zero-order valence-electron chi connectivity index (χ0n) is 12.4. The van der Waals surface area contributed by atoms with E-state index in [9.17, 15) is 0 Å². The third kappa shape index (κ3) is 3.77. The second kappa shape index (κ2) is 7.27. The maximum Gasteiger partial charge on any atom is 0.0848 e. The lowest BCUT2D eigenvalue weighted by Gasteiger charge is -2.10. The first-order valence-electron chi connectivity index (χ1n) is 6.74. The summed E-state index contributed by atoms with van der Waals surface area (Å²) >= 11 is 12.5. The summed E-state index contributed by atoms with van der Waals surface area (Å²) in [5.74, 6) is 0. The molecule has 2 rings (SSSR count). The lowest BCUT2D eigenvalue weighted by molar-refractivity contribution is 0.199. The molecule has 0 aliphatic rings. The molecular formula is C15H19Cl2N3O. The summed E-state index contributed by atoms with van der Waals surface area (Å²) in [5.41, 5.74) is 3.68. The number of hydrogen-bond acceptors (Lipinski definition) is 3. The van der Waals surface area contributed by atoms with Crippen LogP contribution < -0.4 is 5.32 Å². The second-order valence-electron chi connectivity index (χ2n) is 4.84. The Morgan fingerprint density at radius 3 is 2.62 bits per heavy atom. The predicted octanol–water partition coefficient (Wildman–Crippen LogP) is 3.53. The number of halogens is 2. The molecule has 6 heteroatoms. The highest BCUT2D eigenvalue weighted by molar-refractivity contribution is 6.32. The molecule has 0 spiro atoms. The maximum absolute atomic E-state index is 6.35. The fourth-order valence-corrected chi connectivity index (χ4v) is 2.44. The number of ether oxygens (including phenoxy) is 1. The van der Waals surface area contributed by atoms with Crippen LogP contribution in [0.15, 0.2) is 18.2 Å². The van der Waals surface area contributed by atoms with Crippen molar-refractivity contribution in [1.29, 1.82) is 0 Å². The van der Waals surface area contributed by atoms with Gasteiger partial charge in [-0.25, -0.2) is 4.68 Å². The topological polar surface area (TPSA) is 39.1 Å². The van der Waals surface area contributed by atoms with Gasteiger partial charge >= 0.3 is 0 Å². The van der Waals surface area contributed by atoms with Gasteiger partial charge in [0.25, 0.3) is 0 Å². The highest BCUT2D eigenvalue weighted by Crippen LogP contribution is 2.25. The molecule has 21 heavy (non-hydrogen) atoms. The molecule has 0 radical (unpaired) electrons. The summed E-state index contributed by atoms with van der Waals surface area (Å²) in [6.45, 7) is 6.01. The van der Waals surface area contributed by atoms with Gasteiger partial charge in [-0.05, 0) is 31.5 Å². The number of nitrogens with zero attached hydrogens (tertiary/aromatic N) is 2. The first-order valence-corrected chi connectivity index (χ1v) is 7.50. The van der Waals surface area contributed by atoms with E-state index in [2.05, 4.69) is 10.4 Å². The molecule has 4 nitrogen and oxygen atoms in total. The third-order valence-corrected chi connectivity index (χ3v) is 4.18. The van der Waals surface area contributed by atoms with Crippen molar-refractivity contribution in [3.05, 3.63) is 45.2 Å². The molecule has 0 aliphatic carbocycles. The standard InChI is InChI=1S/C15H19Cl2N3O/c1-10-15(17)11(2)20(19-10)13-5-4-12(14(16)8-13)9-18-6-7-21-3/h4-5,8,18H,6-7,9H2,1-3H3. The minimum absolute atomic E-state index is 0.681. The SMILES string of the molecule is COCCNCc1ccc(-n2nc(C)c(Cl)c2C)cc1Cl.